The van der Waals surface area contributed by atoms with Gasteiger partial charge in [0.25, 0.3) is 0 Å². The molecule has 1 rings (SSSR count). The van der Waals surface area contributed by atoms with Crippen LogP contribution in [0.4, 0.5) is 0 Å². The maximum absolute atomic E-state index is 6.34. The van der Waals surface area contributed by atoms with E-state index in [-0.39, 0.29) is 11.0 Å². The highest BCUT2D eigenvalue weighted by Gasteiger charge is 2.49. The Balaban J connectivity index is 3.19. The number of thioether (sulfide) groups is 1. The van der Waals surface area contributed by atoms with Gasteiger partial charge in [-0.1, -0.05) is 45.6 Å². The third kappa shape index (κ3) is 3.79. The van der Waals surface area contributed by atoms with E-state index in [2.05, 4.69) is 47.4 Å². The Morgan fingerprint density at radius 1 is 1.40 bits per heavy atom. The number of hydrogen-bond acceptors (Lipinski definition) is 2. The molecule has 1 saturated carbocycles. The van der Waals surface area contributed by atoms with Crippen LogP contribution in [0.25, 0.3) is 0 Å². The van der Waals surface area contributed by atoms with E-state index in [1.807, 2.05) is 17.8 Å². The highest BCUT2D eigenvalue weighted by Crippen LogP contribution is 2.53. The minimum atomic E-state index is -0.289. The Kier molecular flexibility index (Phi) is 6.15. The Bertz CT molecular complexity index is 383. The van der Waals surface area contributed by atoms with Gasteiger partial charge in [0.15, 0.2) is 0 Å². The molecule has 1 fully saturated rings. The molecular weight excluding hydrogens is 264 g/mol. The van der Waals surface area contributed by atoms with Crippen LogP contribution in [0.1, 0.15) is 47.0 Å². The summed E-state index contributed by atoms with van der Waals surface area (Å²) in [6.45, 7) is 21.9. The largest absolute Gasteiger partial charge is 0.365 e. The molecule has 1 unspecified atom stereocenters. The summed E-state index contributed by atoms with van der Waals surface area (Å²) in [5.41, 5.74) is 1.20. The first-order chi connectivity index (χ1) is 9.29. The van der Waals surface area contributed by atoms with E-state index in [0.29, 0.717) is 12.5 Å². The van der Waals surface area contributed by atoms with Gasteiger partial charge in [-0.2, -0.15) is 0 Å². The third-order valence-electron chi connectivity index (χ3n) is 4.26. The average molecular weight is 295 g/mol. The summed E-state index contributed by atoms with van der Waals surface area (Å²) in [5, 5.41) is 0. The predicted molar refractivity (Wildman–Crippen MR) is 92.1 cm³/mol. The Morgan fingerprint density at radius 3 is 2.55 bits per heavy atom. The molecule has 0 aromatic rings. The second-order valence-corrected chi connectivity index (χ2v) is 7.98. The van der Waals surface area contributed by atoms with Crippen molar-refractivity contribution in [2.75, 3.05) is 12.4 Å². The SMILES string of the molecule is C=CCO[C@@]1(C(=C)SCC)CC(C)(C)CCC1C(=C)C. The van der Waals surface area contributed by atoms with Crippen LogP contribution in [0.2, 0.25) is 0 Å². The van der Waals surface area contributed by atoms with E-state index in [0.717, 1.165) is 23.5 Å². The van der Waals surface area contributed by atoms with Crippen LogP contribution in [-0.2, 0) is 4.74 Å². The van der Waals surface area contributed by atoms with Gasteiger partial charge in [0.05, 0.1) is 6.61 Å². The Hall–Kier alpha value is -0.470. The zero-order chi connectivity index (χ0) is 15.4. The maximum Gasteiger partial charge on any atom is 0.106 e. The quantitative estimate of drug-likeness (QED) is 0.565. The summed E-state index contributed by atoms with van der Waals surface area (Å²) in [6, 6.07) is 0. The van der Waals surface area contributed by atoms with Crippen LogP contribution in [0.15, 0.2) is 36.3 Å². The number of hydrogen-bond donors (Lipinski definition) is 0. The van der Waals surface area contributed by atoms with Crippen molar-refractivity contribution in [2.45, 2.75) is 52.6 Å². The van der Waals surface area contributed by atoms with Crippen molar-refractivity contribution in [3.05, 3.63) is 36.3 Å². The van der Waals surface area contributed by atoms with Crippen molar-refractivity contribution < 1.29 is 4.74 Å². The van der Waals surface area contributed by atoms with E-state index >= 15 is 0 Å². The number of ether oxygens (including phenoxy) is 1. The van der Waals surface area contributed by atoms with Gasteiger partial charge in [0, 0.05) is 10.8 Å². The highest BCUT2D eigenvalue weighted by molar-refractivity contribution is 8.03. The van der Waals surface area contributed by atoms with Crippen LogP contribution in [-0.4, -0.2) is 18.0 Å². The molecule has 2 heteroatoms. The molecule has 1 aliphatic carbocycles. The lowest BCUT2D eigenvalue weighted by Gasteiger charge is -2.51. The van der Waals surface area contributed by atoms with E-state index in [9.17, 15) is 0 Å². The molecule has 0 aromatic carbocycles. The lowest BCUT2D eigenvalue weighted by Crippen LogP contribution is -2.49. The second kappa shape index (κ2) is 7.00. The topological polar surface area (TPSA) is 9.23 Å². The molecule has 1 nitrogen and oxygen atoms in total. The molecule has 114 valence electrons. The normalized spacial score (nSPS) is 28.9. The summed E-state index contributed by atoms with van der Waals surface area (Å²) < 4.78 is 6.34. The van der Waals surface area contributed by atoms with Gasteiger partial charge in [-0.25, -0.2) is 0 Å². The van der Waals surface area contributed by atoms with E-state index in [4.69, 9.17) is 4.74 Å². The molecule has 0 amide bonds. The second-order valence-electron chi connectivity index (χ2n) is 6.62. The summed E-state index contributed by atoms with van der Waals surface area (Å²) >= 11 is 1.81. The standard InChI is InChI=1S/C18H30OS/c1-8-12-19-18(15(5)20-9-2)13-17(6,7)11-10-16(18)14(3)4/h8,16H,1,3,5,9-13H2,2,4,6-7H3/t16?,18-/m1/s1. The van der Waals surface area contributed by atoms with E-state index in [1.54, 1.807) is 0 Å². The first kappa shape index (κ1) is 17.6. The fourth-order valence-corrected chi connectivity index (χ4v) is 4.23. The Morgan fingerprint density at radius 2 is 2.05 bits per heavy atom. The minimum absolute atomic E-state index is 0.282. The van der Waals surface area contributed by atoms with Crippen molar-refractivity contribution in [1.29, 1.82) is 0 Å². The van der Waals surface area contributed by atoms with E-state index < -0.39 is 0 Å². The lowest BCUT2D eigenvalue weighted by molar-refractivity contribution is -0.0837. The van der Waals surface area contributed by atoms with Crippen molar-refractivity contribution in [2.24, 2.45) is 11.3 Å². The van der Waals surface area contributed by atoms with Gasteiger partial charge in [0.1, 0.15) is 5.60 Å². The lowest BCUT2D eigenvalue weighted by atomic mass is 9.62. The van der Waals surface area contributed by atoms with Gasteiger partial charge in [-0.3, -0.25) is 0 Å². The van der Waals surface area contributed by atoms with Gasteiger partial charge in [0.2, 0.25) is 0 Å². The average Bonchev–Trinajstić information content (AvgIpc) is 2.35. The molecule has 0 spiro atoms. The van der Waals surface area contributed by atoms with Gasteiger partial charge < -0.3 is 4.74 Å². The zero-order valence-electron chi connectivity index (χ0n) is 13.6. The summed E-state index contributed by atoms with van der Waals surface area (Å²) in [4.78, 5) is 1.16. The van der Waals surface area contributed by atoms with Crippen LogP contribution < -0.4 is 0 Å². The van der Waals surface area contributed by atoms with Crippen LogP contribution in [0, 0.1) is 11.3 Å². The molecule has 0 bridgehead atoms. The van der Waals surface area contributed by atoms with Crippen molar-refractivity contribution in [3.63, 3.8) is 0 Å². The zero-order valence-corrected chi connectivity index (χ0v) is 14.4. The molecular formula is C18H30OS. The van der Waals surface area contributed by atoms with Crippen LogP contribution >= 0.6 is 11.8 Å². The van der Waals surface area contributed by atoms with Crippen molar-refractivity contribution in [3.8, 4) is 0 Å². The van der Waals surface area contributed by atoms with Gasteiger partial charge >= 0.3 is 0 Å². The van der Waals surface area contributed by atoms with Crippen molar-refractivity contribution >= 4 is 11.8 Å². The fourth-order valence-electron chi connectivity index (χ4n) is 3.36. The first-order valence-corrected chi connectivity index (χ1v) is 8.50. The third-order valence-corrected chi connectivity index (χ3v) is 5.24. The van der Waals surface area contributed by atoms with Gasteiger partial charge in [-0.15, -0.1) is 18.3 Å². The molecule has 0 N–H and O–H groups in total. The van der Waals surface area contributed by atoms with Crippen molar-refractivity contribution in [1.82, 2.24) is 0 Å². The summed E-state index contributed by atoms with van der Waals surface area (Å²) in [7, 11) is 0. The maximum atomic E-state index is 6.34. The summed E-state index contributed by atoms with van der Waals surface area (Å²) in [5.74, 6) is 1.39. The Labute approximate surface area is 129 Å². The fraction of sp³-hybridized carbons (Fsp3) is 0.667. The van der Waals surface area contributed by atoms with Crippen LogP contribution in [0.3, 0.4) is 0 Å². The van der Waals surface area contributed by atoms with Gasteiger partial charge in [-0.05, 0) is 37.4 Å². The molecule has 0 saturated heterocycles. The van der Waals surface area contributed by atoms with E-state index in [1.165, 1.54) is 12.0 Å². The molecule has 1 aliphatic rings. The molecule has 2 atom stereocenters. The molecule has 0 radical (unpaired) electrons. The molecule has 0 aromatic heterocycles. The smallest absolute Gasteiger partial charge is 0.106 e. The molecule has 0 aliphatic heterocycles. The monoisotopic (exact) mass is 294 g/mol. The number of rotatable bonds is 7. The highest BCUT2D eigenvalue weighted by atomic mass is 32.2. The predicted octanol–water partition coefficient (Wildman–Crippen LogP) is 5.60. The molecule has 20 heavy (non-hydrogen) atoms. The minimum Gasteiger partial charge on any atom is -0.365 e. The summed E-state index contributed by atoms with van der Waals surface area (Å²) in [6.07, 6.45) is 5.19. The first-order valence-electron chi connectivity index (χ1n) is 7.51. The van der Waals surface area contributed by atoms with Crippen LogP contribution in [0.5, 0.6) is 0 Å². The molecule has 0 heterocycles.